The molecule has 164 valence electrons. The number of likely N-dealkylation sites (tertiary alicyclic amines) is 1. The number of alkyl halides is 2. The van der Waals surface area contributed by atoms with Crippen LogP contribution in [0.25, 0.3) is 0 Å². The molecule has 0 radical (unpaired) electrons. The molecule has 1 unspecified atom stereocenters. The minimum Gasteiger partial charge on any atom is -0.454 e. The van der Waals surface area contributed by atoms with Crippen molar-refractivity contribution in [1.82, 2.24) is 15.5 Å². The zero-order valence-corrected chi connectivity index (χ0v) is 19.1. The van der Waals surface area contributed by atoms with Crippen LogP contribution in [-0.2, 0) is 6.54 Å². The summed E-state index contributed by atoms with van der Waals surface area (Å²) in [6.07, 6.45) is 3.78. The van der Waals surface area contributed by atoms with Gasteiger partial charge >= 0.3 is 6.61 Å². The third-order valence-electron chi connectivity index (χ3n) is 5.07. The zero-order valence-electron chi connectivity index (χ0n) is 16.7. The zero-order chi connectivity index (χ0) is 19.9. The normalized spacial score (nSPS) is 19.1. The number of halogens is 3. The van der Waals surface area contributed by atoms with Crippen LogP contribution in [0.3, 0.4) is 0 Å². The van der Waals surface area contributed by atoms with Gasteiger partial charge in [0.15, 0.2) is 17.5 Å². The van der Waals surface area contributed by atoms with E-state index in [1.165, 1.54) is 25.3 Å². The summed E-state index contributed by atoms with van der Waals surface area (Å²) in [5.41, 5.74) is 0.539. The summed E-state index contributed by atoms with van der Waals surface area (Å²) in [5.74, 6) is 1.58. The number of ether oxygens (including phenoxy) is 3. The maximum atomic E-state index is 12.7. The average Bonchev–Trinajstić information content (AvgIpc) is 3.12. The van der Waals surface area contributed by atoms with E-state index in [9.17, 15) is 8.78 Å². The van der Waals surface area contributed by atoms with Gasteiger partial charge in [0.25, 0.3) is 0 Å². The van der Waals surface area contributed by atoms with E-state index in [0.29, 0.717) is 29.1 Å². The highest BCUT2D eigenvalue weighted by molar-refractivity contribution is 14.0. The first kappa shape index (κ1) is 23.7. The highest BCUT2D eigenvalue weighted by Gasteiger charge is 2.20. The maximum absolute atomic E-state index is 12.7. The van der Waals surface area contributed by atoms with Crippen LogP contribution < -0.4 is 24.8 Å². The van der Waals surface area contributed by atoms with Crippen LogP contribution in [0.1, 0.15) is 31.7 Å². The first-order valence-corrected chi connectivity index (χ1v) is 9.62. The van der Waals surface area contributed by atoms with E-state index in [2.05, 4.69) is 32.2 Å². The maximum Gasteiger partial charge on any atom is 0.387 e. The lowest BCUT2D eigenvalue weighted by molar-refractivity contribution is -0.0505. The van der Waals surface area contributed by atoms with Crippen molar-refractivity contribution >= 4 is 29.9 Å². The summed E-state index contributed by atoms with van der Waals surface area (Å²) in [4.78, 5) is 6.67. The Labute approximate surface area is 187 Å². The molecule has 3 rings (SSSR count). The molecule has 2 N–H and O–H groups in total. The lowest BCUT2D eigenvalue weighted by Gasteiger charge is -2.33. The fourth-order valence-corrected chi connectivity index (χ4v) is 3.52. The number of nitrogens with one attached hydrogen (secondary N) is 2. The molecule has 0 saturated carbocycles. The van der Waals surface area contributed by atoms with Gasteiger partial charge in [0, 0.05) is 44.4 Å². The number of benzene rings is 1. The standard InChI is InChI=1S/C19H28F2N4O3.HI/c1-13-5-3-4-7-25(13)8-6-23-19(22-2)24-11-14-9-16-17(27-12-26-16)10-15(14)28-18(20)21;/h9-10,13,18H,3-8,11-12H2,1-2H3,(H2,22,23,24);1H. The third kappa shape index (κ3) is 6.73. The second kappa shape index (κ2) is 11.6. The molecule has 7 nitrogen and oxygen atoms in total. The molecule has 2 heterocycles. The quantitative estimate of drug-likeness (QED) is 0.324. The molecule has 1 atom stereocenters. The van der Waals surface area contributed by atoms with Crippen LogP contribution in [-0.4, -0.2) is 57.0 Å². The van der Waals surface area contributed by atoms with E-state index in [-0.39, 0.29) is 43.1 Å². The second-order valence-electron chi connectivity index (χ2n) is 6.93. The Morgan fingerprint density at radius 2 is 2.03 bits per heavy atom. The van der Waals surface area contributed by atoms with Crippen molar-refractivity contribution in [3.8, 4) is 17.2 Å². The van der Waals surface area contributed by atoms with E-state index in [4.69, 9.17) is 9.47 Å². The average molecular weight is 526 g/mol. The molecular weight excluding hydrogens is 497 g/mol. The molecule has 0 spiro atoms. The minimum atomic E-state index is -2.91. The van der Waals surface area contributed by atoms with Crippen LogP contribution in [0.4, 0.5) is 8.78 Å². The van der Waals surface area contributed by atoms with Gasteiger partial charge in [-0.25, -0.2) is 0 Å². The summed E-state index contributed by atoms with van der Waals surface area (Å²) in [7, 11) is 1.68. The van der Waals surface area contributed by atoms with Gasteiger partial charge in [-0.1, -0.05) is 6.42 Å². The SMILES string of the molecule is CN=C(NCCN1CCCCC1C)NCc1cc2c(cc1OC(F)F)OCO2.I. The highest BCUT2D eigenvalue weighted by Crippen LogP contribution is 2.38. The first-order chi connectivity index (χ1) is 13.6. The smallest absolute Gasteiger partial charge is 0.387 e. The molecule has 0 bridgehead atoms. The lowest BCUT2D eigenvalue weighted by Crippen LogP contribution is -2.45. The Bertz CT molecular complexity index is 694. The van der Waals surface area contributed by atoms with Crippen molar-refractivity contribution in [2.24, 2.45) is 4.99 Å². The van der Waals surface area contributed by atoms with Gasteiger partial charge in [-0.3, -0.25) is 9.89 Å². The number of rotatable bonds is 7. The summed E-state index contributed by atoms with van der Waals surface area (Å²) >= 11 is 0. The summed E-state index contributed by atoms with van der Waals surface area (Å²) in [6.45, 7) is 2.49. The molecule has 1 saturated heterocycles. The summed E-state index contributed by atoms with van der Waals surface area (Å²) < 4.78 is 40.7. The number of piperidine rings is 1. The number of aliphatic imine (C=N–C) groups is 1. The van der Waals surface area contributed by atoms with Gasteiger partial charge in [-0.05, 0) is 32.4 Å². The van der Waals surface area contributed by atoms with Gasteiger partial charge in [-0.2, -0.15) is 8.78 Å². The molecule has 2 aliphatic heterocycles. The molecule has 0 aromatic heterocycles. The topological polar surface area (TPSA) is 67.4 Å². The molecule has 1 aromatic rings. The first-order valence-electron chi connectivity index (χ1n) is 9.62. The number of nitrogens with zero attached hydrogens (tertiary/aromatic N) is 2. The predicted molar refractivity (Wildman–Crippen MR) is 118 cm³/mol. The van der Waals surface area contributed by atoms with Crippen molar-refractivity contribution in [3.63, 3.8) is 0 Å². The van der Waals surface area contributed by atoms with Gasteiger partial charge < -0.3 is 24.8 Å². The van der Waals surface area contributed by atoms with Crippen LogP contribution in [0.2, 0.25) is 0 Å². The molecular formula is C19H29F2IN4O3. The van der Waals surface area contributed by atoms with E-state index < -0.39 is 6.61 Å². The van der Waals surface area contributed by atoms with E-state index in [1.54, 1.807) is 13.1 Å². The molecule has 10 heteroatoms. The highest BCUT2D eigenvalue weighted by atomic mass is 127. The van der Waals surface area contributed by atoms with Crippen LogP contribution >= 0.6 is 24.0 Å². The van der Waals surface area contributed by atoms with Gasteiger partial charge in [0.05, 0.1) is 0 Å². The van der Waals surface area contributed by atoms with Crippen molar-refractivity contribution in [2.45, 2.75) is 45.4 Å². The Morgan fingerprint density at radius 1 is 1.28 bits per heavy atom. The van der Waals surface area contributed by atoms with Crippen molar-refractivity contribution < 1.29 is 23.0 Å². The second-order valence-corrected chi connectivity index (χ2v) is 6.93. The van der Waals surface area contributed by atoms with Crippen LogP contribution in [0.5, 0.6) is 17.2 Å². The predicted octanol–water partition coefficient (Wildman–Crippen LogP) is 3.17. The molecule has 0 aliphatic carbocycles. The molecule has 29 heavy (non-hydrogen) atoms. The van der Waals surface area contributed by atoms with Gasteiger partial charge in [-0.15, -0.1) is 24.0 Å². The summed E-state index contributed by atoms with van der Waals surface area (Å²) in [5, 5.41) is 6.41. The fourth-order valence-electron chi connectivity index (χ4n) is 3.52. The Morgan fingerprint density at radius 3 is 2.72 bits per heavy atom. The Kier molecular flexibility index (Phi) is 9.47. The van der Waals surface area contributed by atoms with Crippen molar-refractivity contribution in [1.29, 1.82) is 0 Å². The van der Waals surface area contributed by atoms with E-state index in [0.717, 1.165) is 19.6 Å². The largest absolute Gasteiger partial charge is 0.454 e. The number of hydrogen-bond acceptors (Lipinski definition) is 5. The van der Waals surface area contributed by atoms with Crippen LogP contribution in [0, 0.1) is 0 Å². The van der Waals surface area contributed by atoms with Gasteiger partial charge in [0.1, 0.15) is 5.75 Å². The van der Waals surface area contributed by atoms with Crippen molar-refractivity contribution in [3.05, 3.63) is 17.7 Å². The molecule has 0 amide bonds. The minimum absolute atomic E-state index is 0. The molecule has 1 fully saturated rings. The van der Waals surface area contributed by atoms with E-state index >= 15 is 0 Å². The summed E-state index contributed by atoms with van der Waals surface area (Å²) in [6, 6.07) is 3.68. The van der Waals surface area contributed by atoms with E-state index in [1.807, 2.05) is 0 Å². The molecule has 1 aromatic carbocycles. The number of guanidine groups is 1. The van der Waals surface area contributed by atoms with Crippen molar-refractivity contribution in [2.75, 3.05) is 33.5 Å². The molecule has 2 aliphatic rings. The number of fused-ring (bicyclic) bond motifs is 1. The van der Waals surface area contributed by atoms with Crippen LogP contribution in [0.15, 0.2) is 17.1 Å². The van der Waals surface area contributed by atoms with Gasteiger partial charge in [0.2, 0.25) is 6.79 Å². The fraction of sp³-hybridized carbons (Fsp3) is 0.632. The third-order valence-corrected chi connectivity index (χ3v) is 5.07. The Hall–Kier alpha value is -1.56. The monoisotopic (exact) mass is 526 g/mol. The Balaban J connectivity index is 0.00000300. The number of hydrogen-bond donors (Lipinski definition) is 2. The lowest BCUT2D eigenvalue weighted by atomic mass is 10.0.